The van der Waals surface area contributed by atoms with Crippen molar-refractivity contribution in [3.05, 3.63) is 76.4 Å². The van der Waals surface area contributed by atoms with Gasteiger partial charge in [0.25, 0.3) is 5.91 Å². The first-order valence-corrected chi connectivity index (χ1v) is 10.9. The minimum Gasteiger partial charge on any atom is -0.441 e. The maximum atomic E-state index is 14.3. The Bertz CT molecular complexity index is 1270. The Labute approximate surface area is 189 Å². The number of piperidine rings is 1. The number of aromatic nitrogens is 1. The number of carbonyl (C=O) groups excluding carboxylic acids is 3. The smallest absolute Gasteiger partial charge is 0.255 e. The van der Waals surface area contributed by atoms with Crippen LogP contribution in [0.1, 0.15) is 45.7 Å². The highest BCUT2D eigenvalue weighted by Gasteiger charge is 2.40. The van der Waals surface area contributed by atoms with Crippen molar-refractivity contribution in [1.82, 2.24) is 15.2 Å². The average Bonchev–Trinajstić information content (AvgIpc) is 3.38. The van der Waals surface area contributed by atoms with Gasteiger partial charge in [-0.3, -0.25) is 19.7 Å². The Morgan fingerprint density at radius 1 is 1.15 bits per heavy atom. The molecule has 33 heavy (non-hydrogen) atoms. The molecule has 2 aromatic carbocycles. The van der Waals surface area contributed by atoms with E-state index in [1.54, 1.807) is 6.20 Å². The Kier molecular flexibility index (Phi) is 5.28. The van der Waals surface area contributed by atoms with Crippen molar-refractivity contribution < 1.29 is 23.2 Å². The van der Waals surface area contributed by atoms with Gasteiger partial charge in [-0.15, -0.1) is 0 Å². The predicted molar refractivity (Wildman–Crippen MR) is 117 cm³/mol. The van der Waals surface area contributed by atoms with Gasteiger partial charge >= 0.3 is 0 Å². The molecule has 168 valence electrons. The number of carbonyl (C=O) groups is 3. The van der Waals surface area contributed by atoms with Gasteiger partial charge in [0.05, 0.1) is 6.20 Å². The van der Waals surface area contributed by atoms with Crippen LogP contribution < -0.4 is 5.32 Å². The average molecular weight is 447 g/mol. The van der Waals surface area contributed by atoms with Crippen molar-refractivity contribution in [2.75, 3.05) is 0 Å². The molecule has 0 saturated carbocycles. The van der Waals surface area contributed by atoms with E-state index < -0.39 is 17.8 Å². The number of nitrogens with zero attached hydrogens (tertiary/aromatic N) is 2. The van der Waals surface area contributed by atoms with E-state index in [-0.39, 0.29) is 36.8 Å². The van der Waals surface area contributed by atoms with E-state index in [9.17, 15) is 18.8 Å². The number of rotatable bonds is 5. The third kappa shape index (κ3) is 4.04. The first kappa shape index (κ1) is 21.1. The van der Waals surface area contributed by atoms with Crippen LogP contribution in [0.4, 0.5) is 4.39 Å². The standard InChI is InChI=1S/C25H22FN3O4/c1-14-2-4-15(5-3-14)24-27-12-18(33-24)7-6-16-10-17(26)11-19-20(16)13-29(25(19)32)21-8-9-22(30)28-23(21)31/h2-5,10-12,21H,6-9,13H2,1H3,(H,28,30,31). The lowest BCUT2D eigenvalue weighted by atomic mass is 9.98. The van der Waals surface area contributed by atoms with E-state index in [0.717, 1.165) is 11.1 Å². The number of benzene rings is 2. The number of halogens is 1. The molecule has 0 radical (unpaired) electrons. The number of nitrogens with one attached hydrogen (secondary N) is 1. The lowest BCUT2D eigenvalue weighted by Gasteiger charge is -2.29. The molecule has 1 aromatic heterocycles. The molecule has 0 aliphatic carbocycles. The van der Waals surface area contributed by atoms with Crippen LogP contribution in [0.5, 0.6) is 0 Å². The fourth-order valence-electron chi connectivity index (χ4n) is 4.43. The summed E-state index contributed by atoms with van der Waals surface area (Å²) in [5.74, 6) is -0.533. The Hall–Kier alpha value is -3.81. The maximum Gasteiger partial charge on any atom is 0.255 e. The van der Waals surface area contributed by atoms with Gasteiger partial charge in [0.2, 0.25) is 17.7 Å². The van der Waals surface area contributed by atoms with E-state index in [4.69, 9.17) is 4.42 Å². The summed E-state index contributed by atoms with van der Waals surface area (Å²) in [5.41, 5.74) is 3.70. The first-order chi connectivity index (χ1) is 15.9. The van der Waals surface area contributed by atoms with E-state index in [0.29, 0.717) is 35.6 Å². The molecule has 3 amide bonds. The molecule has 1 unspecified atom stereocenters. The number of fused-ring (bicyclic) bond motifs is 1. The molecule has 5 rings (SSSR count). The monoisotopic (exact) mass is 447 g/mol. The minimum absolute atomic E-state index is 0.173. The molecule has 7 nitrogen and oxygen atoms in total. The molecule has 3 aromatic rings. The highest BCUT2D eigenvalue weighted by atomic mass is 19.1. The number of hydrogen-bond acceptors (Lipinski definition) is 5. The van der Waals surface area contributed by atoms with Crippen molar-refractivity contribution in [2.24, 2.45) is 0 Å². The Morgan fingerprint density at radius 3 is 2.70 bits per heavy atom. The summed E-state index contributed by atoms with van der Waals surface area (Å²) in [6, 6.07) is 9.78. The summed E-state index contributed by atoms with van der Waals surface area (Å²) in [4.78, 5) is 42.5. The third-order valence-electron chi connectivity index (χ3n) is 6.21. The fourth-order valence-corrected chi connectivity index (χ4v) is 4.43. The Balaban J connectivity index is 1.34. The van der Waals surface area contributed by atoms with Crippen LogP contribution in [0.3, 0.4) is 0 Å². The molecule has 3 heterocycles. The molecule has 8 heteroatoms. The second-order valence-corrected chi connectivity index (χ2v) is 8.49. The van der Waals surface area contributed by atoms with Crippen molar-refractivity contribution >= 4 is 17.7 Å². The van der Waals surface area contributed by atoms with Crippen LogP contribution in [0, 0.1) is 12.7 Å². The van der Waals surface area contributed by atoms with Gasteiger partial charge in [-0.2, -0.15) is 0 Å². The Morgan fingerprint density at radius 2 is 1.94 bits per heavy atom. The summed E-state index contributed by atoms with van der Waals surface area (Å²) in [7, 11) is 0. The quantitative estimate of drug-likeness (QED) is 0.606. The van der Waals surface area contributed by atoms with Gasteiger partial charge in [-0.05, 0) is 55.2 Å². The number of aryl methyl sites for hydroxylation is 3. The van der Waals surface area contributed by atoms with Gasteiger partial charge in [-0.25, -0.2) is 9.37 Å². The van der Waals surface area contributed by atoms with Crippen molar-refractivity contribution in [1.29, 1.82) is 0 Å². The summed E-state index contributed by atoms with van der Waals surface area (Å²) in [5, 5.41) is 2.28. The van der Waals surface area contributed by atoms with E-state index >= 15 is 0 Å². The van der Waals surface area contributed by atoms with Gasteiger partial charge in [0.15, 0.2) is 0 Å². The zero-order valence-corrected chi connectivity index (χ0v) is 18.1. The lowest BCUT2D eigenvalue weighted by molar-refractivity contribution is -0.136. The predicted octanol–water partition coefficient (Wildman–Crippen LogP) is 3.34. The van der Waals surface area contributed by atoms with Gasteiger partial charge in [0, 0.05) is 30.5 Å². The van der Waals surface area contributed by atoms with E-state index in [1.165, 1.54) is 17.0 Å². The van der Waals surface area contributed by atoms with Gasteiger partial charge in [-0.1, -0.05) is 17.7 Å². The topological polar surface area (TPSA) is 92.5 Å². The molecule has 2 aliphatic heterocycles. The van der Waals surface area contributed by atoms with Crippen LogP contribution in [-0.4, -0.2) is 33.6 Å². The SMILES string of the molecule is Cc1ccc(-c2ncc(CCc3cc(F)cc4c3CN(C3CCC(=O)NC3=O)C4=O)o2)cc1. The highest BCUT2D eigenvalue weighted by molar-refractivity contribution is 6.05. The molecular formula is C25H22FN3O4. The van der Waals surface area contributed by atoms with Crippen LogP contribution in [-0.2, 0) is 29.0 Å². The van der Waals surface area contributed by atoms with Crippen LogP contribution in [0.25, 0.3) is 11.5 Å². The second-order valence-electron chi connectivity index (χ2n) is 8.49. The normalized spacial score (nSPS) is 17.9. The molecule has 0 bridgehead atoms. The largest absolute Gasteiger partial charge is 0.441 e. The van der Waals surface area contributed by atoms with Crippen LogP contribution in [0.2, 0.25) is 0 Å². The number of imide groups is 1. The number of oxazole rings is 1. The third-order valence-corrected chi connectivity index (χ3v) is 6.21. The number of hydrogen-bond donors (Lipinski definition) is 1. The zero-order valence-electron chi connectivity index (χ0n) is 18.1. The van der Waals surface area contributed by atoms with Gasteiger partial charge in [0.1, 0.15) is 17.6 Å². The molecule has 2 aliphatic rings. The lowest BCUT2D eigenvalue weighted by Crippen LogP contribution is -2.52. The second kappa shape index (κ2) is 8.27. The summed E-state index contributed by atoms with van der Waals surface area (Å²) >= 11 is 0. The molecule has 1 atom stereocenters. The molecule has 1 fully saturated rings. The molecule has 0 spiro atoms. The minimum atomic E-state index is -0.732. The van der Waals surface area contributed by atoms with Crippen molar-refractivity contribution in [2.45, 2.75) is 45.2 Å². The first-order valence-electron chi connectivity index (χ1n) is 10.9. The van der Waals surface area contributed by atoms with Crippen LogP contribution >= 0.6 is 0 Å². The molecule has 1 saturated heterocycles. The van der Waals surface area contributed by atoms with Crippen molar-refractivity contribution in [3.63, 3.8) is 0 Å². The van der Waals surface area contributed by atoms with Gasteiger partial charge < -0.3 is 9.32 Å². The fraction of sp³-hybridized carbons (Fsp3) is 0.280. The summed E-state index contributed by atoms with van der Waals surface area (Å²) < 4.78 is 20.2. The molecule has 1 N–H and O–H groups in total. The summed E-state index contributed by atoms with van der Waals surface area (Å²) in [6.45, 7) is 2.22. The van der Waals surface area contributed by atoms with E-state index in [2.05, 4.69) is 10.3 Å². The van der Waals surface area contributed by atoms with E-state index in [1.807, 2.05) is 31.2 Å². The van der Waals surface area contributed by atoms with Crippen LogP contribution in [0.15, 0.2) is 47.0 Å². The zero-order chi connectivity index (χ0) is 23.1. The molecular weight excluding hydrogens is 425 g/mol. The summed E-state index contributed by atoms with van der Waals surface area (Å²) in [6.07, 6.45) is 3.05. The number of amides is 3. The highest BCUT2D eigenvalue weighted by Crippen LogP contribution is 2.31. The maximum absolute atomic E-state index is 14.3. The van der Waals surface area contributed by atoms with Crippen molar-refractivity contribution in [3.8, 4) is 11.5 Å².